The van der Waals surface area contributed by atoms with Crippen LogP contribution in [-0.4, -0.2) is 61.9 Å². The highest BCUT2D eigenvalue weighted by Gasteiger charge is 2.41. The molecule has 1 aliphatic carbocycles. The van der Waals surface area contributed by atoms with Crippen LogP contribution < -0.4 is 5.32 Å². The second kappa shape index (κ2) is 7.84. The molecule has 2 rings (SSSR count). The van der Waals surface area contributed by atoms with E-state index in [-0.39, 0.29) is 12.5 Å². The molecule has 5 nitrogen and oxygen atoms in total. The first-order chi connectivity index (χ1) is 10.6. The van der Waals surface area contributed by atoms with Crippen molar-refractivity contribution in [1.29, 1.82) is 0 Å². The van der Waals surface area contributed by atoms with Crippen molar-refractivity contribution in [2.45, 2.75) is 51.9 Å². The Morgan fingerprint density at radius 3 is 2.64 bits per heavy atom. The van der Waals surface area contributed by atoms with Crippen molar-refractivity contribution < 1.29 is 4.79 Å². The third kappa shape index (κ3) is 4.37. The number of nitrogens with zero attached hydrogens (tertiary/aromatic N) is 3. The summed E-state index contributed by atoms with van der Waals surface area (Å²) in [7, 11) is 3.57. The minimum atomic E-state index is 0.0598. The molecule has 0 aromatic carbocycles. The number of hydrogen-bond donors (Lipinski definition) is 1. The lowest BCUT2D eigenvalue weighted by molar-refractivity contribution is -0.127. The lowest BCUT2D eigenvalue weighted by Crippen LogP contribution is -2.42. The van der Waals surface area contributed by atoms with Gasteiger partial charge in [0.25, 0.3) is 0 Å². The van der Waals surface area contributed by atoms with Crippen molar-refractivity contribution in [3.8, 4) is 0 Å². The second-order valence-corrected chi connectivity index (χ2v) is 7.09. The van der Waals surface area contributed by atoms with Crippen LogP contribution in [0.2, 0.25) is 0 Å². The third-order valence-electron chi connectivity index (χ3n) is 5.08. The van der Waals surface area contributed by atoms with Crippen LogP contribution in [0.3, 0.4) is 0 Å². The van der Waals surface area contributed by atoms with Crippen LogP contribution in [0.5, 0.6) is 0 Å². The number of likely N-dealkylation sites (N-methyl/N-ethyl adjacent to an activating group) is 1. The standard InChI is InChI=1S/C17H32N4O/c1-4-5-11-18-16(19-13-15(22)20(2)3)21-12-10-17(14-21)8-6-7-9-17/h4-14H2,1-3H3,(H,18,19). The number of likely N-dealkylation sites (tertiary alicyclic amines) is 1. The van der Waals surface area contributed by atoms with Crippen LogP contribution in [0.15, 0.2) is 4.99 Å². The highest BCUT2D eigenvalue weighted by atomic mass is 16.2. The van der Waals surface area contributed by atoms with Gasteiger partial charge in [-0.05, 0) is 31.1 Å². The molecule has 0 aromatic rings. The molecule has 0 unspecified atom stereocenters. The monoisotopic (exact) mass is 308 g/mol. The summed E-state index contributed by atoms with van der Waals surface area (Å²) in [5.41, 5.74) is 0.527. The van der Waals surface area contributed by atoms with Crippen molar-refractivity contribution in [3.05, 3.63) is 0 Å². The van der Waals surface area contributed by atoms with Gasteiger partial charge in [-0.25, -0.2) is 4.99 Å². The number of aliphatic imine (C=N–C) groups is 1. The zero-order valence-electron chi connectivity index (χ0n) is 14.5. The maximum Gasteiger partial charge on any atom is 0.243 e. The molecular weight excluding hydrogens is 276 g/mol. The molecular formula is C17H32N4O. The van der Waals surface area contributed by atoms with Crippen molar-refractivity contribution >= 4 is 11.9 Å². The van der Waals surface area contributed by atoms with Gasteiger partial charge in [0.05, 0.1) is 0 Å². The Labute approximate surface area is 135 Å². The number of hydrogen-bond acceptors (Lipinski definition) is 2. The Hall–Kier alpha value is -1.26. The number of carbonyl (C=O) groups is 1. The van der Waals surface area contributed by atoms with Gasteiger partial charge in [-0.3, -0.25) is 4.79 Å². The molecule has 5 heteroatoms. The summed E-state index contributed by atoms with van der Waals surface area (Å²) < 4.78 is 0. The Bertz CT molecular complexity index is 399. The van der Waals surface area contributed by atoms with Gasteiger partial charge in [0, 0.05) is 33.7 Å². The second-order valence-electron chi connectivity index (χ2n) is 7.09. The average molecular weight is 308 g/mol. The number of carbonyl (C=O) groups excluding carboxylic acids is 1. The van der Waals surface area contributed by atoms with E-state index in [1.54, 1.807) is 19.0 Å². The smallest absolute Gasteiger partial charge is 0.243 e. The molecule has 1 amide bonds. The molecule has 0 radical (unpaired) electrons. The zero-order chi connectivity index (χ0) is 16.0. The summed E-state index contributed by atoms with van der Waals surface area (Å²) in [6, 6.07) is 0. The van der Waals surface area contributed by atoms with Crippen LogP contribution in [0, 0.1) is 5.41 Å². The van der Waals surface area contributed by atoms with Crippen molar-refractivity contribution in [2.24, 2.45) is 10.4 Å². The van der Waals surface area contributed by atoms with E-state index in [0.29, 0.717) is 5.41 Å². The van der Waals surface area contributed by atoms with Gasteiger partial charge in [-0.1, -0.05) is 26.2 Å². The maximum absolute atomic E-state index is 11.8. The zero-order valence-corrected chi connectivity index (χ0v) is 14.5. The predicted molar refractivity (Wildman–Crippen MR) is 91.0 cm³/mol. The SMILES string of the molecule is CCCCNC(=NCC(=O)N(C)C)N1CCC2(CCCC2)C1. The Morgan fingerprint density at radius 2 is 2.00 bits per heavy atom. The summed E-state index contributed by atoms with van der Waals surface area (Å²) in [5.74, 6) is 0.997. The lowest BCUT2D eigenvalue weighted by Gasteiger charge is -2.26. The number of unbranched alkanes of at least 4 members (excludes halogenated alkanes) is 1. The topological polar surface area (TPSA) is 47.9 Å². The van der Waals surface area contributed by atoms with Gasteiger partial charge in [-0.2, -0.15) is 0 Å². The summed E-state index contributed by atoms with van der Waals surface area (Å²) >= 11 is 0. The van der Waals surface area contributed by atoms with E-state index in [1.165, 1.54) is 38.5 Å². The number of rotatable bonds is 5. The van der Waals surface area contributed by atoms with Gasteiger partial charge < -0.3 is 15.1 Å². The normalized spacial score (nSPS) is 20.7. The van der Waals surface area contributed by atoms with E-state index >= 15 is 0 Å². The van der Waals surface area contributed by atoms with E-state index in [2.05, 4.69) is 22.1 Å². The summed E-state index contributed by atoms with van der Waals surface area (Å²) in [5, 5.41) is 3.47. The van der Waals surface area contributed by atoms with Crippen LogP contribution in [-0.2, 0) is 4.79 Å². The fourth-order valence-electron chi connectivity index (χ4n) is 3.58. The third-order valence-corrected chi connectivity index (χ3v) is 5.08. The van der Waals surface area contributed by atoms with E-state index in [1.807, 2.05) is 0 Å². The molecule has 1 spiro atoms. The lowest BCUT2D eigenvalue weighted by atomic mass is 9.86. The molecule has 1 aliphatic heterocycles. The highest BCUT2D eigenvalue weighted by Crippen LogP contribution is 2.45. The molecule has 126 valence electrons. The first-order valence-corrected chi connectivity index (χ1v) is 8.80. The molecule has 1 heterocycles. The fourth-order valence-corrected chi connectivity index (χ4v) is 3.58. The molecule has 2 aliphatic rings. The van der Waals surface area contributed by atoms with Crippen LogP contribution in [0.25, 0.3) is 0 Å². The summed E-state index contributed by atoms with van der Waals surface area (Å²) in [6.45, 7) is 5.56. The Balaban J connectivity index is 1.97. The van der Waals surface area contributed by atoms with Crippen LogP contribution >= 0.6 is 0 Å². The van der Waals surface area contributed by atoms with Crippen molar-refractivity contribution in [2.75, 3.05) is 40.3 Å². The highest BCUT2D eigenvalue weighted by molar-refractivity contribution is 5.85. The molecule has 0 atom stereocenters. The van der Waals surface area contributed by atoms with Gasteiger partial charge >= 0.3 is 0 Å². The molecule has 0 bridgehead atoms. The molecule has 2 fully saturated rings. The summed E-state index contributed by atoms with van der Waals surface area (Å²) in [4.78, 5) is 20.4. The first-order valence-electron chi connectivity index (χ1n) is 8.80. The van der Waals surface area contributed by atoms with Crippen LogP contribution in [0.4, 0.5) is 0 Å². The molecule has 1 N–H and O–H groups in total. The minimum absolute atomic E-state index is 0.0598. The fraction of sp³-hybridized carbons (Fsp3) is 0.882. The minimum Gasteiger partial charge on any atom is -0.356 e. The predicted octanol–water partition coefficient (Wildman–Crippen LogP) is 2.09. The van der Waals surface area contributed by atoms with Gasteiger partial charge in [0.2, 0.25) is 5.91 Å². The average Bonchev–Trinajstić information content (AvgIpc) is 3.13. The largest absolute Gasteiger partial charge is 0.356 e. The van der Waals surface area contributed by atoms with Crippen LogP contribution in [0.1, 0.15) is 51.9 Å². The number of nitrogens with one attached hydrogen (secondary N) is 1. The van der Waals surface area contributed by atoms with Gasteiger partial charge in [0.15, 0.2) is 5.96 Å². The van der Waals surface area contributed by atoms with Gasteiger partial charge in [0.1, 0.15) is 6.54 Å². The van der Waals surface area contributed by atoms with Crippen molar-refractivity contribution in [3.63, 3.8) is 0 Å². The maximum atomic E-state index is 11.8. The van der Waals surface area contributed by atoms with E-state index in [0.717, 1.165) is 32.0 Å². The Morgan fingerprint density at radius 1 is 1.27 bits per heavy atom. The summed E-state index contributed by atoms with van der Waals surface area (Å²) in [6.07, 6.45) is 9.07. The molecule has 1 saturated heterocycles. The quantitative estimate of drug-likeness (QED) is 0.480. The van der Waals surface area contributed by atoms with Gasteiger partial charge in [-0.15, -0.1) is 0 Å². The van der Waals surface area contributed by atoms with E-state index in [4.69, 9.17) is 0 Å². The molecule has 1 saturated carbocycles. The first kappa shape index (κ1) is 17.1. The molecule has 22 heavy (non-hydrogen) atoms. The number of guanidine groups is 1. The van der Waals surface area contributed by atoms with Crippen molar-refractivity contribution in [1.82, 2.24) is 15.1 Å². The Kier molecular flexibility index (Phi) is 6.09. The van der Waals surface area contributed by atoms with E-state index < -0.39 is 0 Å². The number of amides is 1. The molecule has 0 aromatic heterocycles. The van der Waals surface area contributed by atoms with E-state index in [9.17, 15) is 4.79 Å².